The first-order valence-corrected chi connectivity index (χ1v) is 18.4. The molecule has 11 nitrogen and oxygen atoms in total. The highest BCUT2D eigenvalue weighted by molar-refractivity contribution is 5.79. The van der Waals surface area contributed by atoms with Gasteiger partial charge in [0.05, 0.1) is 68.1 Å². The van der Waals surface area contributed by atoms with Gasteiger partial charge < -0.3 is 49.5 Å². The lowest BCUT2D eigenvalue weighted by molar-refractivity contribution is -0.247. The minimum absolute atomic E-state index is 0.0285. The van der Waals surface area contributed by atoms with Crippen molar-refractivity contribution in [3.63, 3.8) is 0 Å². The van der Waals surface area contributed by atoms with Crippen LogP contribution in [0.5, 0.6) is 0 Å². The summed E-state index contributed by atoms with van der Waals surface area (Å²) in [6.45, 7) is 14.9. The molecule has 6 aliphatic heterocycles. The molecule has 0 aliphatic carbocycles. The first-order valence-electron chi connectivity index (χ1n) is 18.4. The van der Waals surface area contributed by atoms with Crippen LogP contribution in [0, 0.1) is 5.92 Å². The molecule has 12 atom stereocenters. The van der Waals surface area contributed by atoms with Gasteiger partial charge in [0.15, 0.2) is 0 Å². The maximum atomic E-state index is 12.5. The zero-order valence-corrected chi connectivity index (χ0v) is 29.3. The quantitative estimate of drug-likeness (QED) is 0.250. The van der Waals surface area contributed by atoms with Gasteiger partial charge in [0, 0.05) is 45.4 Å². The molecule has 0 amide bonds. The van der Waals surface area contributed by atoms with E-state index in [2.05, 4.69) is 20.1 Å². The second kappa shape index (κ2) is 20.0. The molecule has 0 radical (unpaired) electrons. The minimum Gasteiger partial charge on any atom is -0.392 e. The minimum atomic E-state index is -0.697. The fourth-order valence-corrected chi connectivity index (χ4v) is 7.40. The monoisotopic (exact) mass is 681 g/mol. The van der Waals surface area contributed by atoms with Crippen molar-refractivity contribution in [2.24, 2.45) is 11.7 Å². The summed E-state index contributed by atoms with van der Waals surface area (Å²) in [5.74, 6) is 0.545. The topological polar surface area (TPSA) is 159 Å². The molecular weight excluding hydrogens is 618 g/mol. The molecule has 0 spiro atoms. The van der Waals surface area contributed by atoms with Gasteiger partial charge in [0.2, 0.25) is 0 Å². The molecule has 6 aliphatic rings. The SMILES string of the molecule is C=C1CC[C@H](CC)OC1.C=C1CO[C@@H](CC[C@@H]2C[C@@H](O)C(C3C[C@@H](O)[C@H]4O[C@@H](CC(=O)C[C@@H]5CCOC5)CCC4O3)O2)C1.CC(O)CN. The second-order valence-corrected chi connectivity index (χ2v) is 14.7. The van der Waals surface area contributed by atoms with Gasteiger partial charge in [0.1, 0.15) is 18.0 Å². The van der Waals surface area contributed by atoms with Gasteiger partial charge in [-0.25, -0.2) is 0 Å². The number of carbonyl (C=O) groups is 1. The number of Topliss-reactive ketones (excluding diaryl/α,β-unsaturated/α-hetero) is 1. The molecule has 6 fully saturated rings. The van der Waals surface area contributed by atoms with Crippen molar-refractivity contribution >= 4 is 5.78 Å². The van der Waals surface area contributed by atoms with Crippen molar-refractivity contribution < 1.29 is 48.5 Å². The molecule has 0 aromatic heterocycles. The van der Waals surface area contributed by atoms with Crippen LogP contribution in [0.15, 0.2) is 24.3 Å². The Morgan fingerprint density at radius 2 is 1.52 bits per heavy atom. The first kappa shape index (κ1) is 39.5. The summed E-state index contributed by atoms with van der Waals surface area (Å²) >= 11 is 0. The molecule has 276 valence electrons. The largest absolute Gasteiger partial charge is 0.392 e. The molecule has 6 heterocycles. The highest BCUT2D eigenvalue weighted by Crippen LogP contribution is 2.38. The third-order valence-electron chi connectivity index (χ3n) is 10.3. The number of aliphatic hydroxyl groups excluding tert-OH is 3. The second-order valence-electron chi connectivity index (χ2n) is 14.7. The van der Waals surface area contributed by atoms with Crippen molar-refractivity contribution in [2.45, 2.75) is 164 Å². The summed E-state index contributed by atoms with van der Waals surface area (Å²) < 4.78 is 35.2. The summed E-state index contributed by atoms with van der Waals surface area (Å²) in [5, 5.41) is 29.8. The Morgan fingerprint density at radius 3 is 2.15 bits per heavy atom. The fourth-order valence-electron chi connectivity index (χ4n) is 7.40. The number of hydrogen-bond acceptors (Lipinski definition) is 11. The van der Waals surface area contributed by atoms with Gasteiger partial charge in [-0.05, 0) is 76.2 Å². The standard InChI is InChI=1S/C26H40O8.C8H14O.C3H9NO/c1-15-8-18(31-13-15)2-3-20-11-21(28)26(33-20)24-12-22(29)25-23(34-24)5-4-19(32-25)10-17(27)9-16-6-7-30-14-16;1-3-8-5-4-7(2)6-9-8;1-3(5)2-4/h16,18-26,28-29H,1-14H2;8H,2-6H2,1H3;3,5H,2,4H2,1H3/t16-,18-,19+,20+,21+,22+,23?,24?,25+,26?;8-;/m00./s1. The molecule has 6 saturated heterocycles. The van der Waals surface area contributed by atoms with E-state index in [0.29, 0.717) is 57.5 Å². The number of nitrogens with two attached hydrogens (primary N) is 1. The van der Waals surface area contributed by atoms with Crippen molar-refractivity contribution in [2.75, 3.05) is 33.0 Å². The highest BCUT2D eigenvalue weighted by atomic mass is 16.6. The van der Waals surface area contributed by atoms with E-state index >= 15 is 0 Å². The zero-order chi connectivity index (χ0) is 34.6. The van der Waals surface area contributed by atoms with Gasteiger partial charge in [-0.2, -0.15) is 0 Å². The summed E-state index contributed by atoms with van der Waals surface area (Å²) in [6, 6.07) is 0. The van der Waals surface area contributed by atoms with Crippen LogP contribution in [-0.4, -0.2) is 121 Å². The molecule has 0 aromatic carbocycles. The number of ketones is 1. The van der Waals surface area contributed by atoms with Gasteiger partial charge >= 0.3 is 0 Å². The third kappa shape index (κ3) is 12.5. The predicted octanol–water partition coefficient (Wildman–Crippen LogP) is 3.54. The van der Waals surface area contributed by atoms with Crippen LogP contribution < -0.4 is 5.73 Å². The van der Waals surface area contributed by atoms with E-state index in [0.717, 1.165) is 63.7 Å². The van der Waals surface area contributed by atoms with Crippen LogP contribution in [0.3, 0.4) is 0 Å². The lowest BCUT2D eigenvalue weighted by Crippen LogP contribution is -2.57. The Balaban J connectivity index is 0.000000310. The Bertz CT molecular complexity index is 993. The van der Waals surface area contributed by atoms with Crippen LogP contribution in [0.1, 0.15) is 97.3 Å². The number of rotatable bonds is 10. The Labute approximate surface area is 287 Å². The molecule has 11 heteroatoms. The first-order chi connectivity index (χ1) is 23.0. The van der Waals surface area contributed by atoms with E-state index < -0.39 is 24.4 Å². The van der Waals surface area contributed by atoms with Crippen LogP contribution in [0.25, 0.3) is 0 Å². The molecular formula is C37H63NO10. The lowest BCUT2D eigenvalue weighted by atomic mass is 9.87. The predicted molar refractivity (Wildman–Crippen MR) is 182 cm³/mol. The molecule has 6 rings (SSSR count). The van der Waals surface area contributed by atoms with Crippen molar-refractivity contribution in [3.05, 3.63) is 24.3 Å². The smallest absolute Gasteiger partial charge is 0.135 e. The van der Waals surface area contributed by atoms with Crippen LogP contribution in [0.2, 0.25) is 0 Å². The average molecular weight is 682 g/mol. The third-order valence-corrected chi connectivity index (χ3v) is 10.3. The van der Waals surface area contributed by atoms with Crippen molar-refractivity contribution in [3.8, 4) is 0 Å². The van der Waals surface area contributed by atoms with Gasteiger partial charge in [-0.3, -0.25) is 4.79 Å². The van der Waals surface area contributed by atoms with E-state index in [-0.39, 0.29) is 42.4 Å². The molecule has 0 saturated carbocycles. The average Bonchev–Trinajstić information content (AvgIpc) is 3.83. The van der Waals surface area contributed by atoms with Gasteiger partial charge in [0.25, 0.3) is 0 Å². The molecule has 0 bridgehead atoms. The maximum Gasteiger partial charge on any atom is 0.135 e. The van der Waals surface area contributed by atoms with Gasteiger partial charge in [-0.1, -0.05) is 25.7 Å². The normalized spacial score (nSPS) is 38.8. The number of ether oxygens (including phenoxy) is 6. The highest BCUT2D eigenvalue weighted by Gasteiger charge is 2.49. The van der Waals surface area contributed by atoms with E-state index in [4.69, 9.17) is 39.3 Å². The molecule has 5 N–H and O–H groups in total. The van der Waals surface area contributed by atoms with E-state index in [1.165, 1.54) is 18.4 Å². The molecule has 4 unspecified atom stereocenters. The summed E-state index contributed by atoms with van der Waals surface area (Å²) in [7, 11) is 0. The zero-order valence-electron chi connectivity index (χ0n) is 29.3. The van der Waals surface area contributed by atoms with E-state index in [1.54, 1.807) is 6.92 Å². The maximum absolute atomic E-state index is 12.5. The van der Waals surface area contributed by atoms with Gasteiger partial charge in [-0.15, -0.1) is 0 Å². The van der Waals surface area contributed by atoms with Crippen molar-refractivity contribution in [1.82, 2.24) is 0 Å². The Morgan fingerprint density at radius 1 is 0.854 bits per heavy atom. The summed E-state index contributed by atoms with van der Waals surface area (Å²) in [4.78, 5) is 12.5. The van der Waals surface area contributed by atoms with Crippen LogP contribution in [-0.2, 0) is 33.2 Å². The Hall–Kier alpha value is -1.25. The number of carbonyl (C=O) groups excluding carboxylic acids is 1. The lowest BCUT2D eigenvalue weighted by Gasteiger charge is -2.46. The van der Waals surface area contributed by atoms with E-state index in [9.17, 15) is 15.0 Å². The molecule has 0 aromatic rings. The summed E-state index contributed by atoms with van der Waals surface area (Å²) in [5.41, 5.74) is 7.31. The van der Waals surface area contributed by atoms with E-state index in [1.807, 2.05) is 0 Å². The number of aliphatic hydroxyl groups is 3. The van der Waals surface area contributed by atoms with Crippen LogP contribution in [0.4, 0.5) is 0 Å². The number of fused-ring (bicyclic) bond motifs is 1. The van der Waals surface area contributed by atoms with Crippen molar-refractivity contribution in [1.29, 1.82) is 0 Å². The Kier molecular flexibility index (Phi) is 16.4. The fraction of sp³-hybridized carbons (Fsp3) is 0.865. The molecule has 48 heavy (non-hydrogen) atoms. The summed E-state index contributed by atoms with van der Waals surface area (Å²) in [6.07, 6.45) is 7.83. The van der Waals surface area contributed by atoms with Crippen LogP contribution >= 0.6 is 0 Å². The number of hydrogen-bond donors (Lipinski definition) is 4.